The molecule has 30 heavy (non-hydrogen) atoms. The van der Waals surface area contributed by atoms with Crippen molar-refractivity contribution in [2.75, 3.05) is 13.1 Å². The minimum Gasteiger partial charge on any atom is -0.489 e. The highest BCUT2D eigenvalue weighted by atomic mass is 16.5. The van der Waals surface area contributed by atoms with E-state index in [1.807, 2.05) is 32.0 Å². The summed E-state index contributed by atoms with van der Waals surface area (Å²) in [6.45, 7) is 6.95. The first-order chi connectivity index (χ1) is 14.6. The SMILES string of the molecule is Cc1noc(C)c1COc1ccc(C(=O)NC2CCN(Cc3ccccc3)C2)cc1. The molecule has 1 aromatic heterocycles. The number of hydrogen-bond donors (Lipinski definition) is 1. The average molecular weight is 405 g/mol. The predicted molar refractivity (Wildman–Crippen MR) is 114 cm³/mol. The van der Waals surface area contributed by atoms with Gasteiger partial charge >= 0.3 is 0 Å². The van der Waals surface area contributed by atoms with Gasteiger partial charge in [0.1, 0.15) is 18.1 Å². The summed E-state index contributed by atoms with van der Waals surface area (Å²) >= 11 is 0. The van der Waals surface area contributed by atoms with E-state index in [4.69, 9.17) is 9.26 Å². The molecule has 1 fully saturated rings. The largest absolute Gasteiger partial charge is 0.489 e. The molecule has 1 saturated heterocycles. The van der Waals surface area contributed by atoms with Crippen molar-refractivity contribution in [1.82, 2.24) is 15.4 Å². The number of aryl methyl sites for hydroxylation is 2. The Morgan fingerprint density at radius 2 is 1.93 bits per heavy atom. The zero-order valence-corrected chi connectivity index (χ0v) is 17.4. The van der Waals surface area contributed by atoms with Gasteiger partial charge in [0.05, 0.1) is 11.3 Å². The number of hydrogen-bond acceptors (Lipinski definition) is 5. The fourth-order valence-corrected chi connectivity index (χ4v) is 3.77. The summed E-state index contributed by atoms with van der Waals surface area (Å²) in [6.07, 6.45) is 0.969. The van der Waals surface area contributed by atoms with Crippen molar-refractivity contribution in [3.63, 3.8) is 0 Å². The van der Waals surface area contributed by atoms with Crippen LogP contribution in [0, 0.1) is 13.8 Å². The second kappa shape index (κ2) is 9.13. The molecule has 2 heterocycles. The van der Waals surface area contributed by atoms with Crippen molar-refractivity contribution in [2.45, 2.75) is 39.5 Å². The molecule has 0 spiro atoms. The van der Waals surface area contributed by atoms with Gasteiger partial charge in [-0.15, -0.1) is 0 Å². The minimum absolute atomic E-state index is 0.0427. The monoisotopic (exact) mass is 405 g/mol. The summed E-state index contributed by atoms with van der Waals surface area (Å²) in [7, 11) is 0. The number of likely N-dealkylation sites (tertiary alicyclic amines) is 1. The highest BCUT2D eigenvalue weighted by Gasteiger charge is 2.24. The lowest BCUT2D eigenvalue weighted by Crippen LogP contribution is -2.36. The number of nitrogens with one attached hydrogen (secondary N) is 1. The molecule has 6 nitrogen and oxygen atoms in total. The number of carbonyl (C=O) groups is 1. The zero-order chi connectivity index (χ0) is 20.9. The lowest BCUT2D eigenvalue weighted by molar-refractivity contribution is 0.0937. The molecule has 2 aromatic carbocycles. The molecule has 0 aliphatic carbocycles. The number of nitrogens with zero attached hydrogens (tertiary/aromatic N) is 2. The summed E-state index contributed by atoms with van der Waals surface area (Å²) in [5.41, 5.74) is 3.73. The van der Waals surface area contributed by atoms with Crippen LogP contribution in [0.1, 0.15) is 39.4 Å². The van der Waals surface area contributed by atoms with E-state index in [9.17, 15) is 4.79 Å². The molecule has 4 rings (SSSR count). The molecule has 1 unspecified atom stereocenters. The maximum absolute atomic E-state index is 12.6. The Morgan fingerprint density at radius 3 is 2.63 bits per heavy atom. The number of ether oxygens (including phenoxy) is 1. The molecule has 1 amide bonds. The van der Waals surface area contributed by atoms with E-state index in [1.54, 1.807) is 12.1 Å². The van der Waals surface area contributed by atoms with Gasteiger partial charge in [0, 0.05) is 31.2 Å². The van der Waals surface area contributed by atoms with Gasteiger partial charge in [-0.2, -0.15) is 0 Å². The number of amides is 1. The van der Waals surface area contributed by atoms with E-state index >= 15 is 0 Å². The van der Waals surface area contributed by atoms with E-state index in [0.29, 0.717) is 17.9 Å². The van der Waals surface area contributed by atoms with Gasteiger partial charge in [0.15, 0.2) is 0 Å². The standard InChI is InChI=1S/C24H27N3O3/c1-17-23(18(2)30-26-17)16-29-22-10-8-20(9-11-22)24(28)25-21-12-13-27(15-21)14-19-6-4-3-5-7-19/h3-11,21H,12-16H2,1-2H3,(H,25,28). The molecule has 1 aliphatic heterocycles. The van der Waals surface area contributed by atoms with Crippen LogP contribution < -0.4 is 10.1 Å². The van der Waals surface area contributed by atoms with Crippen LogP contribution in [0.4, 0.5) is 0 Å². The maximum Gasteiger partial charge on any atom is 0.251 e. The number of carbonyl (C=O) groups excluding carboxylic acids is 1. The van der Waals surface area contributed by atoms with Crippen molar-refractivity contribution in [3.05, 3.63) is 82.7 Å². The lowest BCUT2D eigenvalue weighted by atomic mass is 10.1. The quantitative estimate of drug-likeness (QED) is 0.646. The Bertz CT molecular complexity index is 963. The molecule has 1 aliphatic rings. The Morgan fingerprint density at radius 1 is 1.17 bits per heavy atom. The molecule has 1 N–H and O–H groups in total. The molecular weight excluding hydrogens is 378 g/mol. The molecule has 156 valence electrons. The van der Waals surface area contributed by atoms with E-state index in [2.05, 4.69) is 39.6 Å². The summed E-state index contributed by atoms with van der Waals surface area (Å²) in [5, 5.41) is 7.09. The van der Waals surface area contributed by atoms with Crippen LogP contribution in [-0.4, -0.2) is 35.1 Å². The molecule has 1 atom stereocenters. The Kier molecular flexibility index (Phi) is 6.14. The molecular formula is C24H27N3O3. The first-order valence-corrected chi connectivity index (χ1v) is 10.3. The van der Waals surface area contributed by atoms with Gasteiger partial charge in [0.25, 0.3) is 5.91 Å². The van der Waals surface area contributed by atoms with Gasteiger partial charge in [-0.05, 0) is 50.1 Å². The molecule has 3 aromatic rings. The van der Waals surface area contributed by atoms with Gasteiger partial charge in [0.2, 0.25) is 0 Å². The van der Waals surface area contributed by atoms with Crippen LogP contribution in [0.2, 0.25) is 0 Å². The summed E-state index contributed by atoms with van der Waals surface area (Å²) in [5.74, 6) is 1.43. The van der Waals surface area contributed by atoms with Crippen molar-refractivity contribution >= 4 is 5.91 Å². The molecule has 0 bridgehead atoms. The fraction of sp³-hybridized carbons (Fsp3) is 0.333. The van der Waals surface area contributed by atoms with E-state index < -0.39 is 0 Å². The second-order valence-electron chi connectivity index (χ2n) is 7.80. The second-order valence-corrected chi connectivity index (χ2v) is 7.80. The van der Waals surface area contributed by atoms with Crippen molar-refractivity contribution in [1.29, 1.82) is 0 Å². The third-order valence-corrected chi connectivity index (χ3v) is 5.54. The maximum atomic E-state index is 12.6. The number of aromatic nitrogens is 1. The smallest absolute Gasteiger partial charge is 0.251 e. The lowest BCUT2D eigenvalue weighted by Gasteiger charge is -2.17. The fourth-order valence-electron chi connectivity index (χ4n) is 3.77. The van der Waals surface area contributed by atoms with Crippen molar-refractivity contribution < 1.29 is 14.1 Å². The van der Waals surface area contributed by atoms with Crippen LogP contribution >= 0.6 is 0 Å². The third-order valence-electron chi connectivity index (χ3n) is 5.54. The van der Waals surface area contributed by atoms with Gasteiger partial charge < -0.3 is 14.6 Å². The Hall–Kier alpha value is -3.12. The minimum atomic E-state index is -0.0427. The highest BCUT2D eigenvalue weighted by Crippen LogP contribution is 2.19. The van der Waals surface area contributed by atoms with E-state index in [-0.39, 0.29) is 11.9 Å². The molecule has 6 heteroatoms. The van der Waals surface area contributed by atoms with Crippen molar-refractivity contribution in [3.8, 4) is 5.75 Å². The normalized spacial score (nSPS) is 16.5. The molecule has 0 saturated carbocycles. The Labute approximate surface area is 176 Å². The van der Waals surface area contributed by atoms with Crippen molar-refractivity contribution in [2.24, 2.45) is 0 Å². The van der Waals surface area contributed by atoms with Crippen LogP contribution in [0.5, 0.6) is 5.75 Å². The molecule has 0 radical (unpaired) electrons. The van der Waals surface area contributed by atoms with Gasteiger partial charge in [-0.3, -0.25) is 9.69 Å². The van der Waals surface area contributed by atoms with Gasteiger partial charge in [-0.1, -0.05) is 35.5 Å². The predicted octanol–water partition coefficient (Wildman–Crippen LogP) is 3.87. The first-order valence-electron chi connectivity index (χ1n) is 10.3. The van der Waals surface area contributed by atoms with Crippen LogP contribution in [0.15, 0.2) is 59.1 Å². The number of benzene rings is 2. The van der Waals surface area contributed by atoms with Crippen LogP contribution in [-0.2, 0) is 13.2 Å². The topological polar surface area (TPSA) is 67.6 Å². The van der Waals surface area contributed by atoms with Crippen LogP contribution in [0.25, 0.3) is 0 Å². The summed E-state index contributed by atoms with van der Waals surface area (Å²) < 4.78 is 11.0. The zero-order valence-electron chi connectivity index (χ0n) is 17.4. The highest BCUT2D eigenvalue weighted by molar-refractivity contribution is 5.94. The third kappa shape index (κ3) is 4.89. The van der Waals surface area contributed by atoms with E-state index in [0.717, 1.165) is 43.1 Å². The Balaban J connectivity index is 1.27. The summed E-state index contributed by atoms with van der Waals surface area (Å²) in [6, 6.07) is 17.9. The first kappa shape index (κ1) is 20.2. The van der Waals surface area contributed by atoms with E-state index in [1.165, 1.54) is 5.56 Å². The average Bonchev–Trinajstić information content (AvgIpc) is 3.33. The van der Waals surface area contributed by atoms with Crippen LogP contribution in [0.3, 0.4) is 0 Å². The van der Waals surface area contributed by atoms with Gasteiger partial charge in [-0.25, -0.2) is 0 Å². The number of rotatable bonds is 7. The summed E-state index contributed by atoms with van der Waals surface area (Å²) in [4.78, 5) is 15.0.